The highest BCUT2D eigenvalue weighted by molar-refractivity contribution is 5.80. The van der Waals surface area contributed by atoms with Crippen LogP contribution in [0.5, 0.6) is 0 Å². The molecule has 0 aromatic heterocycles. The molecule has 1 rings (SSSR count). The number of esters is 1. The van der Waals surface area contributed by atoms with Gasteiger partial charge in [-0.2, -0.15) is 13.2 Å². The number of halogens is 4. The first-order chi connectivity index (χ1) is 9.66. The lowest BCUT2D eigenvalue weighted by Crippen LogP contribution is -2.54. The van der Waals surface area contributed by atoms with Gasteiger partial charge in [0.05, 0.1) is 13.2 Å². The maximum absolute atomic E-state index is 13.2. The minimum absolute atomic E-state index is 0.0469. The Morgan fingerprint density at radius 3 is 2.52 bits per heavy atom. The quantitative estimate of drug-likeness (QED) is 0.649. The number of carbonyl (C=O) groups is 1. The summed E-state index contributed by atoms with van der Waals surface area (Å²) in [6.45, 7) is 1.58. The smallest absolute Gasteiger partial charge is 0.401 e. The van der Waals surface area contributed by atoms with E-state index >= 15 is 0 Å². The van der Waals surface area contributed by atoms with Crippen LogP contribution in [-0.2, 0) is 16.0 Å². The van der Waals surface area contributed by atoms with E-state index in [1.54, 1.807) is 6.92 Å². The number of ether oxygens (including phenoxy) is 1. The molecule has 118 valence electrons. The van der Waals surface area contributed by atoms with Crippen LogP contribution in [0.2, 0.25) is 0 Å². The van der Waals surface area contributed by atoms with E-state index < -0.39 is 30.0 Å². The Balaban J connectivity index is 2.93. The Kier molecular flexibility index (Phi) is 5.71. The van der Waals surface area contributed by atoms with Crippen molar-refractivity contribution in [2.45, 2.75) is 32.0 Å². The molecule has 1 aromatic carbocycles. The monoisotopic (exact) mass is 307 g/mol. The first kappa shape index (κ1) is 17.4. The molecule has 3 nitrogen and oxygen atoms in total. The van der Waals surface area contributed by atoms with Crippen molar-refractivity contribution in [2.24, 2.45) is 0 Å². The van der Waals surface area contributed by atoms with Crippen LogP contribution in [0.3, 0.4) is 0 Å². The fourth-order valence-corrected chi connectivity index (χ4v) is 1.85. The van der Waals surface area contributed by atoms with Crippen LogP contribution in [0.1, 0.15) is 19.4 Å². The van der Waals surface area contributed by atoms with E-state index in [1.165, 1.54) is 31.2 Å². The Hall–Kier alpha value is -1.63. The van der Waals surface area contributed by atoms with E-state index in [1.807, 2.05) is 0 Å². The standard InChI is InChI=1S/C14H17F4NO2/c1-3-21-12(20)13(2,19-9-14(16,17)18)8-10-5-4-6-11(15)7-10/h4-7,19H,3,8-9H2,1-2H3. The third-order valence-electron chi connectivity index (χ3n) is 2.85. The summed E-state index contributed by atoms with van der Waals surface area (Å²) in [4.78, 5) is 11.9. The van der Waals surface area contributed by atoms with E-state index in [0.717, 1.165) is 0 Å². The molecule has 21 heavy (non-hydrogen) atoms. The second-order valence-electron chi connectivity index (χ2n) is 4.83. The summed E-state index contributed by atoms with van der Waals surface area (Å²) in [5, 5.41) is 2.17. The van der Waals surface area contributed by atoms with Crippen molar-refractivity contribution >= 4 is 5.97 Å². The SMILES string of the molecule is CCOC(=O)C(C)(Cc1cccc(F)c1)NCC(F)(F)F. The molecule has 0 bridgehead atoms. The molecule has 0 heterocycles. The molecule has 1 atom stereocenters. The maximum atomic E-state index is 13.2. The Morgan fingerprint density at radius 1 is 1.33 bits per heavy atom. The van der Waals surface area contributed by atoms with Crippen molar-refractivity contribution in [1.82, 2.24) is 5.32 Å². The predicted octanol–water partition coefficient (Wildman–Crippen LogP) is 2.84. The fourth-order valence-electron chi connectivity index (χ4n) is 1.85. The molecule has 0 fully saturated rings. The molecule has 1 N–H and O–H groups in total. The number of hydrogen-bond donors (Lipinski definition) is 1. The number of nitrogens with one attached hydrogen (secondary N) is 1. The summed E-state index contributed by atoms with van der Waals surface area (Å²) in [6.07, 6.45) is -4.57. The molecule has 0 aliphatic carbocycles. The zero-order chi connectivity index (χ0) is 16.1. The first-order valence-corrected chi connectivity index (χ1v) is 6.40. The fraction of sp³-hybridized carbons (Fsp3) is 0.500. The van der Waals surface area contributed by atoms with E-state index in [0.29, 0.717) is 5.56 Å². The van der Waals surface area contributed by atoms with Gasteiger partial charge in [0.25, 0.3) is 0 Å². The molecule has 0 radical (unpaired) electrons. The van der Waals surface area contributed by atoms with Gasteiger partial charge in [-0.25, -0.2) is 4.39 Å². The minimum Gasteiger partial charge on any atom is -0.465 e. The molecular weight excluding hydrogens is 290 g/mol. The van der Waals surface area contributed by atoms with Crippen LogP contribution < -0.4 is 5.32 Å². The molecule has 0 spiro atoms. The number of rotatable bonds is 6. The molecule has 0 saturated carbocycles. The highest BCUT2D eigenvalue weighted by Crippen LogP contribution is 2.20. The molecule has 0 aliphatic heterocycles. The summed E-state index contributed by atoms with van der Waals surface area (Å²) in [5.74, 6) is -1.33. The van der Waals surface area contributed by atoms with Crippen LogP contribution in [0.15, 0.2) is 24.3 Å². The van der Waals surface area contributed by atoms with Gasteiger partial charge in [-0.15, -0.1) is 0 Å². The second-order valence-corrected chi connectivity index (χ2v) is 4.83. The summed E-state index contributed by atoms with van der Waals surface area (Å²) in [5.41, 5.74) is -1.18. The zero-order valence-electron chi connectivity index (χ0n) is 11.8. The lowest BCUT2D eigenvalue weighted by molar-refractivity contribution is -0.154. The predicted molar refractivity (Wildman–Crippen MR) is 69.2 cm³/mol. The lowest BCUT2D eigenvalue weighted by atomic mass is 9.92. The Bertz CT molecular complexity index is 490. The lowest BCUT2D eigenvalue weighted by Gasteiger charge is -2.29. The number of alkyl halides is 3. The van der Waals surface area contributed by atoms with Crippen molar-refractivity contribution in [3.05, 3.63) is 35.6 Å². The van der Waals surface area contributed by atoms with Gasteiger partial charge in [0, 0.05) is 6.42 Å². The molecule has 0 amide bonds. The first-order valence-electron chi connectivity index (χ1n) is 6.40. The molecule has 0 saturated heterocycles. The van der Waals surface area contributed by atoms with Crippen molar-refractivity contribution in [1.29, 1.82) is 0 Å². The Morgan fingerprint density at radius 2 is 2.00 bits per heavy atom. The molecular formula is C14H17F4NO2. The maximum Gasteiger partial charge on any atom is 0.401 e. The third-order valence-corrected chi connectivity index (χ3v) is 2.85. The molecule has 1 unspecified atom stereocenters. The van der Waals surface area contributed by atoms with Crippen LogP contribution >= 0.6 is 0 Å². The Labute approximate surface area is 120 Å². The van der Waals surface area contributed by atoms with Gasteiger partial charge < -0.3 is 4.74 Å². The van der Waals surface area contributed by atoms with Crippen molar-refractivity contribution in [2.75, 3.05) is 13.2 Å². The van der Waals surface area contributed by atoms with Crippen LogP contribution in [0.25, 0.3) is 0 Å². The molecule has 1 aromatic rings. The summed E-state index contributed by atoms with van der Waals surface area (Å²) in [7, 11) is 0. The van der Waals surface area contributed by atoms with Crippen LogP contribution in [0.4, 0.5) is 17.6 Å². The third kappa shape index (κ3) is 5.71. The van der Waals surface area contributed by atoms with Gasteiger partial charge in [0.2, 0.25) is 0 Å². The average molecular weight is 307 g/mol. The highest BCUT2D eigenvalue weighted by atomic mass is 19.4. The van der Waals surface area contributed by atoms with Gasteiger partial charge in [-0.3, -0.25) is 10.1 Å². The van der Waals surface area contributed by atoms with Crippen molar-refractivity contribution in [3.8, 4) is 0 Å². The van der Waals surface area contributed by atoms with Crippen LogP contribution in [0, 0.1) is 5.82 Å². The van der Waals surface area contributed by atoms with Gasteiger partial charge in [-0.05, 0) is 31.5 Å². The van der Waals surface area contributed by atoms with Crippen molar-refractivity contribution in [3.63, 3.8) is 0 Å². The number of benzene rings is 1. The number of carbonyl (C=O) groups excluding carboxylic acids is 1. The average Bonchev–Trinajstić information content (AvgIpc) is 2.36. The largest absolute Gasteiger partial charge is 0.465 e. The number of hydrogen-bond acceptors (Lipinski definition) is 3. The minimum atomic E-state index is -4.46. The summed E-state index contributed by atoms with van der Waals surface area (Å²) >= 11 is 0. The second kappa shape index (κ2) is 6.89. The highest BCUT2D eigenvalue weighted by Gasteiger charge is 2.39. The van der Waals surface area contributed by atoms with Gasteiger partial charge in [0.1, 0.15) is 11.4 Å². The van der Waals surface area contributed by atoms with E-state index in [4.69, 9.17) is 4.74 Å². The molecule has 7 heteroatoms. The van der Waals surface area contributed by atoms with Gasteiger partial charge in [-0.1, -0.05) is 12.1 Å². The van der Waals surface area contributed by atoms with Gasteiger partial charge >= 0.3 is 12.1 Å². The van der Waals surface area contributed by atoms with E-state index in [2.05, 4.69) is 5.32 Å². The van der Waals surface area contributed by atoms with E-state index in [9.17, 15) is 22.4 Å². The zero-order valence-corrected chi connectivity index (χ0v) is 11.8. The molecule has 0 aliphatic rings. The summed E-state index contributed by atoms with van der Waals surface area (Å²) in [6, 6.07) is 5.36. The van der Waals surface area contributed by atoms with Crippen LogP contribution in [-0.4, -0.2) is 30.8 Å². The normalized spacial score (nSPS) is 14.6. The summed E-state index contributed by atoms with van der Waals surface area (Å²) < 4.78 is 55.1. The van der Waals surface area contributed by atoms with E-state index in [-0.39, 0.29) is 13.0 Å². The van der Waals surface area contributed by atoms with Crippen molar-refractivity contribution < 1.29 is 27.1 Å². The topological polar surface area (TPSA) is 38.3 Å². The van der Waals surface area contributed by atoms with Gasteiger partial charge in [0.15, 0.2) is 0 Å².